The Hall–Kier alpha value is -1.11. The minimum atomic E-state index is -3.61. The van der Waals surface area contributed by atoms with E-state index in [-0.39, 0.29) is 11.4 Å². The van der Waals surface area contributed by atoms with Crippen molar-refractivity contribution in [2.75, 3.05) is 12.3 Å². The number of sulfonamides is 1. The molecule has 4 N–H and O–H groups in total. The molecule has 0 bridgehead atoms. The van der Waals surface area contributed by atoms with Crippen LogP contribution in [0.4, 0.5) is 5.69 Å². The number of nitrogens with one attached hydrogen (secondary N) is 1. The molecule has 1 fully saturated rings. The van der Waals surface area contributed by atoms with Gasteiger partial charge in [0, 0.05) is 12.2 Å². The van der Waals surface area contributed by atoms with Gasteiger partial charge in [-0.1, -0.05) is 25.7 Å². The van der Waals surface area contributed by atoms with Crippen LogP contribution in [0.25, 0.3) is 0 Å². The lowest BCUT2D eigenvalue weighted by Crippen LogP contribution is -2.42. The predicted octanol–water partition coefficient (Wildman–Crippen LogP) is 1.94. The molecule has 0 aromatic heterocycles. The molecule has 5 nitrogen and oxygen atoms in total. The molecule has 1 aliphatic carbocycles. The van der Waals surface area contributed by atoms with Crippen LogP contribution in [0.1, 0.15) is 44.1 Å². The minimum Gasteiger partial charge on any atom is -0.399 e. The molecule has 118 valence electrons. The summed E-state index contributed by atoms with van der Waals surface area (Å²) < 4.78 is 27.1. The van der Waals surface area contributed by atoms with Crippen molar-refractivity contribution in [1.82, 2.24) is 4.72 Å². The maximum Gasteiger partial charge on any atom is 0.240 e. The van der Waals surface area contributed by atoms with Gasteiger partial charge in [0.25, 0.3) is 0 Å². The smallest absolute Gasteiger partial charge is 0.240 e. The highest BCUT2D eigenvalue weighted by atomic mass is 32.2. The van der Waals surface area contributed by atoms with Crippen molar-refractivity contribution in [3.8, 4) is 0 Å². The van der Waals surface area contributed by atoms with Gasteiger partial charge in [-0.3, -0.25) is 0 Å². The third-order valence-corrected chi connectivity index (χ3v) is 5.58. The first-order valence-electron chi connectivity index (χ1n) is 7.41. The average molecular weight is 312 g/mol. The Morgan fingerprint density at radius 1 is 1.24 bits per heavy atom. The lowest BCUT2D eigenvalue weighted by Gasteiger charge is -2.26. The summed E-state index contributed by atoms with van der Waals surface area (Å²) in [4.78, 5) is 0.187. The summed E-state index contributed by atoms with van der Waals surface area (Å²) in [7, 11) is -3.61. The van der Waals surface area contributed by atoms with Crippen LogP contribution < -0.4 is 10.5 Å². The summed E-state index contributed by atoms with van der Waals surface area (Å²) >= 11 is 0. The molecule has 0 spiro atoms. The zero-order valence-electron chi connectivity index (χ0n) is 12.4. The van der Waals surface area contributed by atoms with Crippen molar-refractivity contribution in [3.05, 3.63) is 23.8 Å². The zero-order chi connectivity index (χ0) is 15.5. The number of nitrogens with two attached hydrogens (primary N) is 1. The Kier molecular flexibility index (Phi) is 4.91. The van der Waals surface area contributed by atoms with Gasteiger partial charge in [0.05, 0.1) is 10.5 Å². The van der Waals surface area contributed by atoms with Gasteiger partial charge in [0.1, 0.15) is 0 Å². The van der Waals surface area contributed by atoms with Crippen molar-refractivity contribution < 1.29 is 13.5 Å². The predicted molar refractivity (Wildman–Crippen MR) is 83.4 cm³/mol. The zero-order valence-corrected chi connectivity index (χ0v) is 13.2. The van der Waals surface area contributed by atoms with Crippen molar-refractivity contribution in [1.29, 1.82) is 0 Å². The van der Waals surface area contributed by atoms with E-state index in [0.717, 1.165) is 31.2 Å². The average Bonchev–Trinajstić information content (AvgIpc) is 2.65. The molecule has 1 aromatic carbocycles. The normalized spacial score (nSPS) is 19.1. The number of benzene rings is 1. The van der Waals surface area contributed by atoms with Gasteiger partial charge in [-0.2, -0.15) is 0 Å². The van der Waals surface area contributed by atoms with Crippen molar-refractivity contribution >= 4 is 15.7 Å². The quantitative estimate of drug-likeness (QED) is 0.585. The largest absolute Gasteiger partial charge is 0.399 e. The van der Waals surface area contributed by atoms with Crippen LogP contribution in [-0.4, -0.2) is 25.7 Å². The molecule has 0 heterocycles. The lowest BCUT2D eigenvalue weighted by atomic mass is 9.95. The van der Waals surface area contributed by atoms with E-state index >= 15 is 0 Å². The van der Waals surface area contributed by atoms with Gasteiger partial charge >= 0.3 is 0 Å². The fraction of sp³-hybridized carbons (Fsp3) is 0.600. The fourth-order valence-electron chi connectivity index (χ4n) is 2.69. The Morgan fingerprint density at radius 3 is 2.43 bits per heavy atom. The second-order valence-corrected chi connectivity index (χ2v) is 7.75. The van der Waals surface area contributed by atoms with Crippen molar-refractivity contribution in [2.45, 2.75) is 55.9 Å². The SMILES string of the molecule is Cc1cc(S(=O)(=O)NCC2(O)CCCCCC2)ccc1N. The standard InChI is InChI=1S/C15H24N2O3S/c1-12-10-13(6-7-14(12)16)21(19,20)17-11-15(18)8-4-2-3-5-9-15/h6-7,10,17-18H,2-5,8-9,11,16H2,1H3. The molecule has 0 unspecified atom stereocenters. The number of aryl methyl sites for hydroxylation is 1. The van der Waals surface area contributed by atoms with Crippen molar-refractivity contribution in [2.24, 2.45) is 0 Å². The molecule has 1 saturated carbocycles. The minimum absolute atomic E-state index is 0.0682. The molecule has 1 aliphatic rings. The van der Waals surface area contributed by atoms with Gasteiger partial charge < -0.3 is 10.8 Å². The molecular weight excluding hydrogens is 288 g/mol. The third-order valence-electron chi connectivity index (χ3n) is 4.18. The van der Waals surface area contributed by atoms with E-state index in [0.29, 0.717) is 18.5 Å². The van der Waals surface area contributed by atoms with Gasteiger partial charge in [0.15, 0.2) is 0 Å². The van der Waals surface area contributed by atoms with E-state index in [1.165, 1.54) is 6.07 Å². The maximum atomic E-state index is 12.3. The molecule has 0 amide bonds. The highest BCUT2D eigenvalue weighted by Crippen LogP contribution is 2.27. The first-order valence-corrected chi connectivity index (χ1v) is 8.89. The van der Waals surface area contributed by atoms with Crippen LogP contribution in [0.5, 0.6) is 0 Å². The second kappa shape index (κ2) is 6.34. The summed E-state index contributed by atoms with van der Waals surface area (Å²) in [5, 5.41) is 10.5. The Bertz CT molecular complexity index is 591. The number of hydrogen-bond acceptors (Lipinski definition) is 4. The van der Waals surface area contributed by atoms with Crippen LogP contribution in [0.2, 0.25) is 0 Å². The van der Waals surface area contributed by atoms with E-state index in [1.54, 1.807) is 19.1 Å². The topological polar surface area (TPSA) is 92.4 Å². The molecule has 1 aromatic rings. The molecule has 2 rings (SSSR count). The number of rotatable bonds is 4. The van der Waals surface area contributed by atoms with Gasteiger partial charge in [-0.05, 0) is 43.5 Å². The maximum absolute atomic E-state index is 12.3. The lowest BCUT2D eigenvalue weighted by molar-refractivity contribution is 0.0303. The molecular formula is C15H24N2O3S. The van der Waals surface area contributed by atoms with Gasteiger partial charge in [-0.25, -0.2) is 13.1 Å². The number of nitrogen functional groups attached to an aromatic ring is 1. The van der Waals surface area contributed by atoms with E-state index in [9.17, 15) is 13.5 Å². The third kappa shape index (κ3) is 4.18. The highest BCUT2D eigenvalue weighted by Gasteiger charge is 2.30. The van der Waals surface area contributed by atoms with Crippen LogP contribution >= 0.6 is 0 Å². The summed E-state index contributed by atoms with van der Waals surface area (Å²) in [6.07, 6.45) is 5.39. The molecule has 0 atom stereocenters. The van der Waals surface area contributed by atoms with Gasteiger partial charge in [0.2, 0.25) is 10.0 Å². The molecule has 21 heavy (non-hydrogen) atoms. The van der Waals surface area contributed by atoms with Crippen LogP contribution in [0.3, 0.4) is 0 Å². The molecule has 0 aliphatic heterocycles. The first kappa shape index (κ1) is 16.3. The number of hydrogen-bond donors (Lipinski definition) is 3. The van der Waals surface area contributed by atoms with E-state index in [4.69, 9.17) is 5.73 Å². The monoisotopic (exact) mass is 312 g/mol. The van der Waals surface area contributed by atoms with Crippen LogP contribution in [0, 0.1) is 6.92 Å². The number of aliphatic hydroxyl groups is 1. The summed E-state index contributed by atoms with van der Waals surface area (Å²) in [6, 6.07) is 4.63. The summed E-state index contributed by atoms with van der Waals surface area (Å²) in [6.45, 7) is 1.84. The Balaban J connectivity index is 2.08. The van der Waals surface area contributed by atoms with Gasteiger partial charge in [-0.15, -0.1) is 0 Å². The van der Waals surface area contributed by atoms with Crippen LogP contribution in [-0.2, 0) is 10.0 Å². The second-order valence-electron chi connectivity index (χ2n) is 5.98. The van der Waals surface area contributed by atoms with E-state index in [2.05, 4.69) is 4.72 Å². The molecule has 0 radical (unpaired) electrons. The molecule has 6 heteroatoms. The first-order chi connectivity index (χ1) is 9.82. The number of anilines is 1. The van der Waals surface area contributed by atoms with E-state index in [1.807, 2.05) is 0 Å². The van der Waals surface area contributed by atoms with E-state index < -0.39 is 15.6 Å². The Morgan fingerprint density at radius 2 is 1.86 bits per heavy atom. The summed E-state index contributed by atoms with van der Waals surface area (Å²) in [5.74, 6) is 0. The fourth-order valence-corrected chi connectivity index (χ4v) is 3.90. The van der Waals surface area contributed by atoms with Crippen LogP contribution in [0.15, 0.2) is 23.1 Å². The highest BCUT2D eigenvalue weighted by molar-refractivity contribution is 7.89. The van der Waals surface area contributed by atoms with Crippen molar-refractivity contribution in [3.63, 3.8) is 0 Å². The summed E-state index contributed by atoms with van der Waals surface area (Å²) in [5.41, 5.74) is 6.08. The molecule has 0 saturated heterocycles. The Labute approximate surface area is 126 Å².